The van der Waals surface area contributed by atoms with Crippen molar-refractivity contribution in [1.29, 1.82) is 0 Å². The first-order valence-electron chi connectivity index (χ1n) is 9.63. The summed E-state index contributed by atoms with van der Waals surface area (Å²) >= 11 is 0. The van der Waals surface area contributed by atoms with Crippen molar-refractivity contribution in [2.45, 2.75) is 18.8 Å². The molecule has 2 aromatic carbocycles. The van der Waals surface area contributed by atoms with E-state index in [9.17, 15) is 4.79 Å². The van der Waals surface area contributed by atoms with Gasteiger partial charge in [-0.2, -0.15) is 0 Å². The third-order valence-corrected chi connectivity index (χ3v) is 5.27. The van der Waals surface area contributed by atoms with Crippen molar-refractivity contribution >= 4 is 17.4 Å². The van der Waals surface area contributed by atoms with E-state index in [-0.39, 0.29) is 11.7 Å². The van der Waals surface area contributed by atoms with Crippen molar-refractivity contribution < 1.29 is 19.0 Å². The molecule has 3 aromatic rings. The highest BCUT2D eigenvalue weighted by molar-refractivity contribution is 5.98. The summed E-state index contributed by atoms with van der Waals surface area (Å²) in [6.07, 6.45) is 2.63. The Balaban J connectivity index is 1.60. The van der Waals surface area contributed by atoms with Gasteiger partial charge in [-0.3, -0.25) is 4.79 Å². The Hall–Kier alpha value is -3.61. The van der Waals surface area contributed by atoms with E-state index in [4.69, 9.17) is 14.2 Å². The van der Waals surface area contributed by atoms with Crippen LogP contribution in [-0.2, 0) is 6.42 Å². The van der Waals surface area contributed by atoms with Crippen molar-refractivity contribution in [3.05, 3.63) is 65.5 Å². The van der Waals surface area contributed by atoms with Crippen LogP contribution in [0.1, 0.15) is 34.0 Å². The minimum absolute atomic E-state index is 0.0189. The number of nitrogens with one attached hydrogen (secondary N) is 1. The Labute approximate surface area is 175 Å². The first kappa shape index (κ1) is 19.7. The van der Waals surface area contributed by atoms with Crippen LogP contribution in [0.2, 0.25) is 0 Å². The van der Waals surface area contributed by atoms with Crippen LogP contribution in [0.4, 0.5) is 11.6 Å². The van der Waals surface area contributed by atoms with E-state index in [1.165, 1.54) is 0 Å². The molecule has 4 rings (SSSR count). The zero-order valence-electron chi connectivity index (χ0n) is 17.1. The fourth-order valence-electron chi connectivity index (χ4n) is 3.68. The van der Waals surface area contributed by atoms with E-state index in [1.54, 1.807) is 27.5 Å². The van der Waals surface area contributed by atoms with Gasteiger partial charge in [-0.15, -0.1) is 0 Å². The van der Waals surface area contributed by atoms with Crippen LogP contribution >= 0.6 is 0 Å². The summed E-state index contributed by atoms with van der Waals surface area (Å²) in [5.41, 5.74) is 3.13. The molecule has 0 spiro atoms. The Kier molecular flexibility index (Phi) is 5.52. The van der Waals surface area contributed by atoms with Crippen LogP contribution in [0.5, 0.6) is 17.2 Å². The first-order chi connectivity index (χ1) is 14.6. The van der Waals surface area contributed by atoms with Crippen LogP contribution < -0.4 is 19.5 Å². The van der Waals surface area contributed by atoms with Crippen LogP contribution in [0.15, 0.2) is 48.7 Å². The van der Waals surface area contributed by atoms with Gasteiger partial charge in [-0.25, -0.2) is 9.97 Å². The molecule has 1 aromatic heterocycles. The van der Waals surface area contributed by atoms with Crippen molar-refractivity contribution in [1.82, 2.24) is 9.97 Å². The van der Waals surface area contributed by atoms with E-state index in [0.29, 0.717) is 35.9 Å². The van der Waals surface area contributed by atoms with Crippen molar-refractivity contribution in [3.63, 3.8) is 0 Å². The summed E-state index contributed by atoms with van der Waals surface area (Å²) in [5, 5.41) is 3.18. The number of methoxy groups -OCH3 is 3. The third kappa shape index (κ3) is 3.91. The number of ketones is 1. The molecule has 154 valence electrons. The molecule has 7 heteroatoms. The van der Waals surface area contributed by atoms with Crippen molar-refractivity contribution in [2.75, 3.05) is 26.6 Å². The third-order valence-electron chi connectivity index (χ3n) is 5.27. The number of benzene rings is 2. The molecule has 1 aliphatic carbocycles. The lowest BCUT2D eigenvalue weighted by Crippen LogP contribution is -2.21. The number of aromatic nitrogens is 2. The molecule has 1 aliphatic rings. The van der Waals surface area contributed by atoms with Gasteiger partial charge in [0.25, 0.3) is 0 Å². The first-order valence-corrected chi connectivity index (χ1v) is 9.63. The van der Waals surface area contributed by atoms with Gasteiger partial charge in [0.1, 0.15) is 17.2 Å². The summed E-state index contributed by atoms with van der Waals surface area (Å²) in [7, 11) is 4.86. The molecule has 1 atom stereocenters. The summed E-state index contributed by atoms with van der Waals surface area (Å²) in [6, 6.07) is 13.2. The Morgan fingerprint density at radius 2 is 1.67 bits per heavy atom. The standard InChI is InChI=1S/C23H23N3O4/c1-28-16-6-4-15(5-7-16)25-23-24-13-19-20(26-23)10-14(11-21(19)27)18-9-8-17(29-2)12-22(18)30-3/h4-9,12-14H,10-11H2,1-3H3,(H,24,25,26). The molecule has 0 bridgehead atoms. The number of Topliss-reactive ketones (excluding diaryl/α,β-unsaturated/α-hetero) is 1. The molecule has 7 nitrogen and oxygen atoms in total. The molecule has 0 aliphatic heterocycles. The quantitative estimate of drug-likeness (QED) is 0.659. The molecule has 1 heterocycles. The van der Waals surface area contributed by atoms with Gasteiger partial charge >= 0.3 is 0 Å². The van der Waals surface area contributed by atoms with E-state index in [0.717, 1.165) is 22.7 Å². The second-order valence-electron chi connectivity index (χ2n) is 7.04. The SMILES string of the molecule is COc1ccc(Nc2ncc3c(n2)CC(c2ccc(OC)cc2OC)CC3=O)cc1. The topological polar surface area (TPSA) is 82.6 Å². The number of hydrogen-bond acceptors (Lipinski definition) is 7. The van der Waals surface area contributed by atoms with Crippen LogP contribution in [0.25, 0.3) is 0 Å². The smallest absolute Gasteiger partial charge is 0.227 e. The fourth-order valence-corrected chi connectivity index (χ4v) is 3.68. The van der Waals surface area contributed by atoms with Gasteiger partial charge in [-0.1, -0.05) is 6.07 Å². The second kappa shape index (κ2) is 8.41. The van der Waals surface area contributed by atoms with Gasteiger partial charge in [0.05, 0.1) is 32.6 Å². The Morgan fingerprint density at radius 1 is 0.933 bits per heavy atom. The minimum Gasteiger partial charge on any atom is -0.497 e. The Morgan fingerprint density at radius 3 is 2.37 bits per heavy atom. The van der Waals surface area contributed by atoms with Gasteiger partial charge < -0.3 is 19.5 Å². The highest BCUT2D eigenvalue weighted by atomic mass is 16.5. The number of carbonyl (C=O) groups excluding carboxylic acids is 1. The van der Waals surface area contributed by atoms with E-state index < -0.39 is 0 Å². The fraction of sp³-hybridized carbons (Fsp3) is 0.261. The number of carbonyl (C=O) groups is 1. The maximum Gasteiger partial charge on any atom is 0.227 e. The van der Waals surface area contributed by atoms with E-state index >= 15 is 0 Å². The zero-order chi connectivity index (χ0) is 21.1. The van der Waals surface area contributed by atoms with Crippen molar-refractivity contribution in [2.24, 2.45) is 0 Å². The van der Waals surface area contributed by atoms with Gasteiger partial charge in [0.2, 0.25) is 5.95 Å². The van der Waals surface area contributed by atoms with Crippen LogP contribution in [0.3, 0.4) is 0 Å². The lowest BCUT2D eigenvalue weighted by atomic mass is 9.82. The number of hydrogen-bond donors (Lipinski definition) is 1. The molecule has 1 N–H and O–H groups in total. The van der Waals surface area contributed by atoms with Gasteiger partial charge in [-0.05, 0) is 42.3 Å². The second-order valence-corrected chi connectivity index (χ2v) is 7.04. The molecule has 0 amide bonds. The lowest BCUT2D eigenvalue weighted by Gasteiger charge is -2.25. The van der Waals surface area contributed by atoms with Gasteiger partial charge in [0.15, 0.2) is 5.78 Å². The van der Waals surface area contributed by atoms with E-state index in [1.807, 2.05) is 42.5 Å². The van der Waals surface area contributed by atoms with E-state index in [2.05, 4.69) is 15.3 Å². The zero-order valence-corrected chi connectivity index (χ0v) is 17.1. The molecular weight excluding hydrogens is 382 g/mol. The molecule has 0 radical (unpaired) electrons. The molecule has 1 unspecified atom stereocenters. The predicted octanol–water partition coefficient (Wildman–Crippen LogP) is 4.16. The van der Waals surface area contributed by atoms with Crippen LogP contribution in [-0.4, -0.2) is 37.1 Å². The predicted molar refractivity (Wildman–Crippen MR) is 113 cm³/mol. The highest BCUT2D eigenvalue weighted by Crippen LogP contribution is 2.38. The summed E-state index contributed by atoms with van der Waals surface area (Å²) in [6.45, 7) is 0. The molecule has 0 saturated heterocycles. The number of rotatable bonds is 6. The molecule has 0 fully saturated rings. The molecule has 0 saturated carbocycles. The normalized spacial score (nSPS) is 15.3. The number of fused-ring (bicyclic) bond motifs is 1. The average molecular weight is 405 g/mol. The van der Waals surface area contributed by atoms with Crippen molar-refractivity contribution in [3.8, 4) is 17.2 Å². The molecular formula is C23H23N3O4. The lowest BCUT2D eigenvalue weighted by molar-refractivity contribution is 0.0962. The number of nitrogens with zero attached hydrogens (tertiary/aromatic N) is 2. The summed E-state index contributed by atoms with van der Waals surface area (Å²) < 4.78 is 16.0. The molecule has 30 heavy (non-hydrogen) atoms. The summed E-state index contributed by atoms with van der Waals surface area (Å²) in [5.74, 6) is 2.67. The number of ether oxygens (including phenoxy) is 3. The minimum atomic E-state index is -0.0189. The highest BCUT2D eigenvalue weighted by Gasteiger charge is 2.30. The average Bonchev–Trinajstić information content (AvgIpc) is 2.78. The Bertz CT molecular complexity index is 1070. The maximum atomic E-state index is 12.8. The van der Waals surface area contributed by atoms with Gasteiger partial charge in [0, 0.05) is 30.3 Å². The largest absolute Gasteiger partial charge is 0.497 e. The monoisotopic (exact) mass is 405 g/mol. The summed E-state index contributed by atoms with van der Waals surface area (Å²) in [4.78, 5) is 21.7. The maximum absolute atomic E-state index is 12.8. The van der Waals surface area contributed by atoms with Crippen LogP contribution in [0, 0.1) is 0 Å². The number of anilines is 2.